The zero-order chi connectivity index (χ0) is 9.68. The lowest BCUT2D eigenvalue weighted by Crippen LogP contribution is -2.31. The topological polar surface area (TPSA) is 26.3 Å². The summed E-state index contributed by atoms with van der Waals surface area (Å²) < 4.78 is 18.4. The first-order chi connectivity index (χ1) is 6.24. The quantitative estimate of drug-likeness (QED) is 0.632. The minimum absolute atomic E-state index is 0.0285. The summed E-state index contributed by atoms with van der Waals surface area (Å²) in [7, 11) is 0. The van der Waals surface area contributed by atoms with Gasteiger partial charge in [-0.05, 0) is 12.8 Å². The molecule has 3 heteroatoms. The van der Waals surface area contributed by atoms with E-state index < -0.39 is 6.17 Å². The second-order valence-electron chi connectivity index (χ2n) is 3.55. The Bertz CT molecular complexity index is 170. The second kappa shape index (κ2) is 5.32. The zero-order valence-corrected chi connectivity index (χ0v) is 8.09. The monoisotopic (exact) mass is 188 g/mol. The molecule has 0 aromatic carbocycles. The molecular weight excluding hydrogens is 171 g/mol. The highest BCUT2D eigenvalue weighted by Crippen LogP contribution is 2.20. The number of rotatable bonds is 4. The first kappa shape index (κ1) is 10.6. The number of unbranched alkanes of at least 4 members (excludes halogenated alkanes) is 1. The zero-order valence-electron chi connectivity index (χ0n) is 8.09. The van der Waals surface area contributed by atoms with E-state index >= 15 is 0 Å². The van der Waals surface area contributed by atoms with Crippen LogP contribution in [0.4, 0.5) is 4.39 Å². The van der Waals surface area contributed by atoms with Crippen molar-refractivity contribution < 1.29 is 13.9 Å². The average molecular weight is 188 g/mol. The predicted octanol–water partition coefficient (Wildman–Crippen LogP) is 2.26. The van der Waals surface area contributed by atoms with Crippen molar-refractivity contribution in [3.8, 4) is 0 Å². The molecule has 0 N–H and O–H groups in total. The van der Waals surface area contributed by atoms with Crippen molar-refractivity contribution in [1.29, 1.82) is 0 Å². The second-order valence-corrected chi connectivity index (χ2v) is 3.55. The van der Waals surface area contributed by atoms with Crippen LogP contribution in [-0.4, -0.2) is 24.7 Å². The van der Waals surface area contributed by atoms with Crippen molar-refractivity contribution in [2.45, 2.75) is 51.3 Å². The molecule has 0 aromatic rings. The summed E-state index contributed by atoms with van der Waals surface area (Å²) in [5.74, 6) is -0.254. The van der Waals surface area contributed by atoms with E-state index in [9.17, 15) is 9.18 Å². The van der Waals surface area contributed by atoms with Gasteiger partial charge in [0, 0.05) is 19.4 Å². The van der Waals surface area contributed by atoms with Crippen molar-refractivity contribution in [3.05, 3.63) is 0 Å². The summed E-state index contributed by atoms with van der Waals surface area (Å²) in [6.07, 6.45) is 2.11. The molecule has 1 rings (SSSR count). The predicted molar refractivity (Wildman–Crippen MR) is 48.4 cm³/mol. The van der Waals surface area contributed by atoms with Crippen LogP contribution in [0, 0.1) is 0 Å². The van der Waals surface area contributed by atoms with Crippen LogP contribution in [0.15, 0.2) is 0 Å². The third-order valence-corrected chi connectivity index (χ3v) is 2.38. The number of ketones is 1. The normalized spacial score (nSPS) is 29.2. The van der Waals surface area contributed by atoms with Crippen molar-refractivity contribution in [2.75, 3.05) is 6.61 Å². The minimum Gasteiger partial charge on any atom is -0.378 e. The largest absolute Gasteiger partial charge is 0.378 e. The maximum absolute atomic E-state index is 12.9. The molecule has 1 saturated carbocycles. The maximum atomic E-state index is 12.9. The maximum Gasteiger partial charge on any atom is 0.167 e. The minimum atomic E-state index is -1.28. The van der Waals surface area contributed by atoms with Gasteiger partial charge < -0.3 is 4.74 Å². The summed E-state index contributed by atoms with van der Waals surface area (Å²) in [4.78, 5) is 10.8. The van der Waals surface area contributed by atoms with Crippen LogP contribution in [0.3, 0.4) is 0 Å². The van der Waals surface area contributed by atoms with E-state index in [0.717, 1.165) is 12.8 Å². The molecule has 1 fully saturated rings. The molecule has 2 atom stereocenters. The van der Waals surface area contributed by atoms with Gasteiger partial charge in [0.25, 0.3) is 0 Å². The summed E-state index contributed by atoms with van der Waals surface area (Å²) in [5.41, 5.74) is 0. The fourth-order valence-electron chi connectivity index (χ4n) is 1.49. The van der Waals surface area contributed by atoms with Crippen LogP contribution in [-0.2, 0) is 9.53 Å². The third kappa shape index (κ3) is 3.43. The van der Waals surface area contributed by atoms with E-state index in [-0.39, 0.29) is 18.3 Å². The van der Waals surface area contributed by atoms with Crippen LogP contribution in [0.25, 0.3) is 0 Å². The van der Waals surface area contributed by atoms with Crippen LogP contribution >= 0.6 is 0 Å². The molecule has 1 aliphatic carbocycles. The standard InChI is InChI=1S/C10H17FO2/c1-2-3-6-13-8-4-5-10(12)9(11)7-8/h8-9H,2-7H2,1H3. The number of halogens is 1. The molecule has 1 aliphatic rings. The molecule has 2 nitrogen and oxygen atoms in total. The number of alkyl halides is 1. The van der Waals surface area contributed by atoms with Gasteiger partial charge in [-0.25, -0.2) is 4.39 Å². The molecule has 13 heavy (non-hydrogen) atoms. The van der Waals surface area contributed by atoms with Crippen molar-refractivity contribution in [2.24, 2.45) is 0 Å². The Morgan fingerprint density at radius 1 is 1.62 bits per heavy atom. The molecular formula is C10H17FO2. The van der Waals surface area contributed by atoms with Crippen molar-refractivity contribution in [1.82, 2.24) is 0 Å². The van der Waals surface area contributed by atoms with Gasteiger partial charge in [-0.15, -0.1) is 0 Å². The van der Waals surface area contributed by atoms with E-state index in [1.54, 1.807) is 0 Å². The molecule has 0 saturated heterocycles. The summed E-state index contributed by atoms with van der Waals surface area (Å²) in [6.45, 7) is 2.79. The van der Waals surface area contributed by atoms with Gasteiger partial charge in [0.15, 0.2) is 12.0 Å². The smallest absolute Gasteiger partial charge is 0.167 e. The van der Waals surface area contributed by atoms with E-state index in [4.69, 9.17) is 4.74 Å². The molecule has 0 amide bonds. The van der Waals surface area contributed by atoms with Crippen LogP contribution in [0.5, 0.6) is 0 Å². The van der Waals surface area contributed by atoms with Gasteiger partial charge in [-0.2, -0.15) is 0 Å². The van der Waals surface area contributed by atoms with E-state index in [1.165, 1.54) is 0 Å². The summed E-state index contributed by atoms with van der Waals surface area (Å²) in [6, 6.07) is 0. The van der Waals surface area contributed by atoms with Crippen LogP contribution in [0.1, 0.15) is 39.0 Å². The molecule has 0 radical (unpaired) electrons. The molecule has 0 heterocycles. The lowest BCUT2D eigenvalue weighted by atomic mass is 9.95. The molecule has 0 aromatic heterocycles. The highest BCUT2D eigenvalue weighted by Gasteiger charge is 2.28. The first-order valence-corrected chi connectivity index (χ1v) is 5.02. The van der Waals surface area contributed by atoms with Crippen LogP contribution in [0.2, 0.25) is 0 Å². The Labute approximate surface area is 78.5 Å². The lowest BCUT2D eigenvalue weighted by Gasteiger charge is -2.23. The van der Waals surface area contributed by atoms with Gasteiger partial charge >= 0.3 is 0 Å². The average Bonchev–Trinajstić information content (AvgIpc) is 2.12. The van der Waals surface area contributed by atoms with E-state index in [1.807, 2.05) is 0 Å². The molecule has 76 valence electrons. The molecule has 0 spiro atoms. The summed E-state index contributed by atoms with van der Waals surface area (Å²) in [5, 5.41) is 0. The Morgan fingerprint density at radius 3 is 3.00 bits per heavy atom. The molecule has 0 bridgehead atoms. The third-order valence-electron chi connectivity index (χ3n) is 2.38. The Morgan fingerprint density at radius 2 is 2.38 bits per heavy atom. The van der Waals surface area contributed by atoms with Gasteiger partial charge in [0.1, 0.15) is 0 Å². The van der Waals surface area contributed by atoms with Gasteiger partial charge in [0.05, 0.1) is 6.10 Å². The summed E-state index contributed by atoms with van der Waals surface area (Å²) >= 11 is 0. The highest BCUT2D eigenvalue weighted by molar-refractivity contribution is 5.83. The number of hydrogen-bond donors (Lipinski definition) is 0. The Kier molecular flexibility index (Phi) is 4.36. The number of carbonyl (C=O) groups is 1. The lowest BCUT2D eigenvalue weighted by molar-refractivity contribution is -0.129. The van der Waals surface area contributed by atoms with Crippen molar-refractivity contribution >= 4 is 5.78 Å². The molecule has 0 aliphatic heterocycles. The van der Waals surface area contributed by atoms with Gasteiger partial charge in [0.2, 0.25) is 0 Å². The van der Waals surface area contributed by atoms with Crippen molar-refractivity contribution in [3.63, 3.8) is 0 Å². The fourth-order valence-corrected chi connectivity index (χ4v) is 1.49. The Hall–Kier alpha value is -0.440. The van der Waals surface area contributed by atoms with Gasteiger partial charge in [-0.1, -0.05) is 13.3 Å². The fraction of sp³-hybridized carbons (Fsp3) is 0.900. The number of ether oxygens (including phenoxy) is 1. The van der Waals surface area contributed by atoms with E-state index in [2.05, 4.69) is 6.92 Å². The molecule has 2 unspecified atom stereocenters. The number of hydrogen-bond acceptors (Lipinski definition) is 2. The van der Waals surface area contributed by atoms with E-state index in [0.29, 0.717) is 19.4 Å². The highest BCUT2D eigenvalue weighted by atomic mass is 19.1. The Balaban J connectivity index is 2.17. The number of carbonyl (C=O) groups excluding carboxylic acids is 1. The van der Waals surface area contributed by atoms with Gasteiger partial charge in [-0.3, -0.25) is 4.79 Å². The number of Topliss-reactive ketones (excluding diaryl/α,β-unsaturated/α-hetero) is 1. The van der Waals surface area contributed by atoms with Crippen LogP contribution < -0.4 is 0 Å². The first-order valence-electron chi connectivity index (χ1n) is 5.02. The SMILES string of the molecule is CCCCOC1CCC(=O)C(F)C1.